The molecule has 0 aromatic heterocycles. The molecule has 0 saturated heterocycles. The quantitative estimate of drug-likeness (QED) is 0.385. The summed E-state index contributed by atoms with van der Waals surface area (Å²) in [6.45, 7) is 3.75. The van der Waals surface area contributed by atoms with Crippen LogP contribution in [0, 0.1) is 0 Å². The Morgan fingerprint density at radius 1 is 0.914 bits per heavy atom. The van der Waals surface area contributed by atoms with Crippen LogP contribution in [0.4, 0.5) is 11.4 Å². The average molecular weight is 495 g/mol. The Bertz CT molecular complexity index is 1270. The molecule has 0 atom stereocenters. The fourth-order valence-corrected chi connectivity index (χ4v) is 5.31. The van der Waals surface area contributed by atoms with Crippen molar-refractivity contribution in [3.8, 4) is 0 Å². The number of benzene rings is 3. The van der Waals surface area contributed by atoms with Gasteiger partial charge in [0.1, 0.15) is 0 Å². The van der Waals surface area contributed by atoms with Crippen molar-refractivity contribution in [2.45, 2.75) is 44.4 Å². The molecule has 0 spiro atoms. The number of aromatic carboxylic acids is 1. The smallest absolute Gasteiger partial charge is 0.335 e. The van der Waals surface area contributed by atoms with Gasteiger partial charge in [0.05, 0.1) is 16.1 Å². The fourth-order valence-electron chi connectivity index (χ4n) is 3.77. The maximum absolute atomic E-state index is 13.7. The first-order valence-electron chi connectivity index (χ1n) is 11.5. The summed E-state index contributed by atoms with van der Waals surface area (Å²) in [5.41, 5.74) is 3.26. The molecule has 1 amide bonds. The number of carboxylic acid groups (broad SMARTS) is 1. The van der Waals surface area contributed by atoms with Crippen molar-refractivity contribution >= 4 is 33.3 Å². The van der Waals surface area contributed by atoms with Gasteiger partial charge in [-0.05, 0) is 72.9 Å². The van der Waals surface area contributed by atoms with E-state index in [0.29, 0.717) is 37.2 Å². The first-order valence-corrected chi connectivity index (χ1v) is 13.0. The highest BCUT2D eigenvalue weighted by molar-refractivity contribution is 7.92. The Labute approximate surface area is 206 Å². The molecule has 0 aliphatic rings. The number of rotatable bonds is 11. The zero-order valence-electron chi connectivity index (χ0n) is 19.9. The molecule has 0 bridgehead atoms. The fraction of sp³-hybridized carbons (Fsp3) is 0.259. The van der Waals surface area contributed by atoms with Gasteiger partial charge in [0.25, 0.3) is 10.0 Å². The number of anilines is 2. The molecule has 7 nitrogen and oxygen atoms in total. The van der Waals surface area contributed by atoms with E-state index in [0.717, 1.165) is 17.5 Å². The predicted octanol–water partition coefficient (Wildman–Crippen LogP) is 5.12. The molecule has 0 fully saturated rings. The molecular formula is C27H30N2O5S. The lowest BCUT2D eigenvalue weighted by Gasteiger charge is -2.27. The summed E-state index contributed by atoms with van der Waals surface area (Å²) >= 11 is 0. The minimum Gasteiger partial charge on any atom is -0.478 e. The number of carboxylic acids is 1. The molecule has 0 aliphatic carbocycles. The van der Waals surface area contributed by atoms with Gasteiger partial charge in [0.2, 0.25) is 5.91 Å². The predicted molar refractivity (Wildman–Crippen MR) is 137 cm³/mol. The summed E-state index contributed by atoms with van der Waals surface area (Å²) < 4.78 is 28.8. The van der Waals surface area contributed by atoms with Crippen molar-refractivity contribution in [1.29, 1.82) is 0 Å². The second-order valence-electron chi connectivity index (χ2n) is 8.27. The largest absolute Gasteiger partial charge is 0.478 e. The standard InChI is InChI=1S/C27H30N2O5S/c1-3-4-19-29(35(33,34)25-17-15-24(16-18-25)28-20(2)30)26-8-6-5-7-22(26)12-9-21-10-13-23(14-11-21)27(31)32/h5-8,10-11,13-18H,3-4,9,12,19H2,1-2H3,(H,28,30)(H,31,32). The van der Waals surface area contributed by atoms with Gasteiger partial charge in [-0.25, -0.2) is 13.2 Å². The number of sulfonamides is 1. The van der Waals surface area contributed by atoms with E-state index < -0.39 is 16.0 Å². The third-order valence-electron chi connectivity index (χ3n) is 5.62. The lowest BCUT2D eigenvalue weighted by atomic mass is 10.0. The molecule has 3 aromatic rings. The summed E-state index contributed by atoms with van der Waals surface area (Å²) in [6, 6.07) is 20.4. The number of unbranched alkanes of at least 4 members (excludes halogenated alkanes) is 1. The molecule has 3 rings (SSSR count). The molecule has 0 radical (unpaired) electrons. The number of hydrogen-bond donors (Lipinski definition) is 2. The second-order valence-corrected chi connectivity index (χ2v) is 10.1. The lowest BCUT2D eigenvalue weighted by molar-refractivity contribution is -0.114. The SMILES string of the molecule is CCCCN(c1ccccc1CCc1ccc(C(=O)O)cc1)S(=O)(=O)c1ccc(NC(C)=O)cc1. The van der Waals surface area contributed by atoms with Crippen LogP contribution in [0.25, 0.3) is 0 Å². The summed E-state index contributed by atoms with van der Waals surface area (Å²) in [5.74, 6) is -1.19. The Hall–Kier alpha value is -3.65. The monoisotopic (exact) mass is 494 g/mol. The molecule has 184 valence electrons. The lowest BCUT2D eigenvalue weighted by Crippen LogP contribution is -2.33. The highest BCUT2D eigenvalue weighted by Crippen LogP contribution is 2.29. The van der Waals surface area contributed by atoms with E-state index in [9.17, 15) is 18.0 Å². The number of hydrogen-bond acceptors (Lipinski definition) is 4. The van der Waals surface area contributed by atoms with Crippen LogP contribution in [0.15, 0.2) is 77.7 Å². The number of carbonyl (C=O) groups is 2. The normalized spacial score (nSPS) is 11.1. The van der Waals surface area contributed by atoms with Gasteiger partial charge < -0.3 is 10.4 Å². The molecular weight excluding hydrogens is 464 g/mol. The molecule has 0 unspecified atom stereocenters. The summed E-state index contributed by atoms with van der Waals surface area (Å²) in [7, 11) is -3.84. The first kappa shape index (κ1) is 26.0. The van der Waals surface area contributed by atoms with Crippen LogP contribution in [0.5, 0.6) is 0 Å². The minimum absolute atomic E-state index is 0.154. The van der Waals surface area contributed by atoms with Crippen LogP contribution in [0.3, 0.4) is 0 Å². The number of para-hydroxylation sites is 1. The van der Waals surface area contributed by atoms with E-state index in [2.05, 4.69) is 5.32 Å². The van der Waals surface area contributed by atoms with Gasteiger partial charge >= 0.3 is 5.97 Å². The summed E-state index contributed by atoms with van der Waals surface area (Å²) in [5, 5.41) is 11.7. The zero-order valence-corrected chi connectivity index (χ0v) is 20.7. The van der Waals surface area contributed by atoms with E-state index >= 15 is 0 Å². The highest BCUT2D eigenvalue weighted by Gasteiger charge is 2.26. The van der Waals surface area contributed by atoms with Crippen LogP contribution in [0.1, 0.15) is 48.2 Å². The highest BCUT2D eigenvalue weighted by atomic mass is 32.2. The van der Waals surface area contributed by atoms with Gasteiger partial charge in [0, 0.05) is 19.2 Å². The van der Waals surface area contributed by atoms with Crippen molar-refractivity contribution in [1.82, 2.24) is 0 Å². The topological polar surface area (TPSA) is 104 Å². The van der Waals surface area contributed by atoms with Crippen LogP contribution >= 0.6 is 0 Å². The van der Waals surface area contributed by atoms with Gasteiger partial charge in [-0.15, -0.1) is 0 Å². The van der Waals surface area contributed by atoms with Gasteiger partial charge in [-0.2, -0.15) is 0 Å². The maximum Gasteiger partial charge on any atom is 0.335 e. The number of aryl methyl sites for hydroxylation is 2. The van der Waals surface area contributed by atoms with Crippen molar-refractivity contribution in [2.24, 2.45) is 0 Å². The first-order chi connectivity index (χ1) is 16.7. The van der Waals surface area contributed by atoms with Crippen molar-refractivity contribution in [3.05, 3.63) is 89.5 Å². The molecule has 0 aliphatic heterocycles. The summed E-state index contributed by atoms with van der Waals surface area (Å²) in [6.07, 6.45) is 2.78. The van der Waals surface area contributed by atoms with E-state index in [1.165, 1.54) is 23.4 Å². The molecule has 8 heteroatoms. The van der Waals surface area contributed by atoms with Gasteiger partial charge in [0.15, 0.2) is 0 Å². The molecule has 35 heavy (non-hydrogen) atoms. The molecule has 0 saturated carbocycles. The number of nitrogens with one attached hydrogen (secondary N) is 1. The number of carbonyl (C=O) groups excluding carboxylic acids is 1. The average Bonchev–Trinajstić information content (AvgIpc) is 2.83. The Morgan fingerprint density at radius 3 is 2.17 bits per heavy atom. The Balaban J connectivity index is 1.89. The Kier molecular flexibility index (Phi) is 8.65. The third kappa shape index (κ3) is 6.70. The molecule has 3 aromatic carbocycles. The zero-order chi connectivity index (χ0) is 25.4. The second kappa shape index (κ2) is 11.7. The van der Waals surface area contributed by atoms with Crippen molar-refractivity contribution in [3.63, 3.8) is 0 Å². The Morgan fingerprint density at radius 2 is 1.57 bits per heavy atom. The number of nitrogens with zero attached hydrogens (tertiary/aromatic N) is 1. The van der Waals surface area contributed by atoms with Crippen molar-refractivity contribution in [2.75, 3.05) is 16.2 Å². The van der Waals surface area contributed by atoms with E-state index in [1.54, 1.807) is 36.4 Å². The van der Waals surface area contributed by atoms with Gasteiger partial charge in [-0.1, -0.05) is 43.7 Å². The van der Waals surface area contributed by atoms with E-state index in [1.807, 2.05) is 31.2 Å². The van der Waals surface area contributed by atoms with E-state index in [-0.39, 0.29) is 16.4 Å². The molecule has 2 N–H and O–H groups in total. The third-order valence-corrected chi connectivity index (χ3v) is 7.45. The van der Waals surface area contributed by atoms with Crippen molar-refractivity contribution < 1.29 is 23.1 Å². The molecule has 0 heterocycles. The van der Waals surface area contributed by atoms with Crippen LogP contribution < -0.4 is 9.62 Å². The minimum atomic E-state index is -3.84. The van der Waals surface area contributed by atoms with E-state index in [4.69, 9.17) is 5.11 Å². The van der Waals surface area contributed by atoms with Crippen LogP contribution in [0.2, 0.25) is 0 Å². The van der Waals surface area contributed by atoms with Gasteiger partial charge in [-0.3, -0.25) is 9.10 Å². The number of amides is 1. The maximum atomic E-state index is 13.7. The van der Waals surface area contributed by atoms with Crippen LogP contribution in [-0.2, 0) is 27.7 Å². The van der Waals surface area contributed by atoms with Crippen LogP contribution in [-0.4, -0.2) is 31.9 Å². The summed E-state index contributed by atoms with van der Waals surface area (Å²) in [4.78, 5) is 22.5.